The number of halogens is 1. The van der Waals surface area contributed by atoms with E-state index in [1.54, 1.807) is 0 Å². The highest BCUT2D eigenvalue weighted by Gasteiger charge is 2.22. The second-order valence-electron chi connectivity index (χ2n) is 7.43. The summed E-state index contributed by atoms with van der Waals surface area (Å²) in [4.78, 5) is 0. The van der Waals surface area contributed by atoms with E-state index in [0.29, 0.717) is 24.5 Å². The molecule has 2 atom stereocenters. The normalized spacial score (nSPS) is 12.7. The van der Waals surface area contributed by atoms with Crippen molar-refractivity contribution in [1.82, 2.24) is 0 Å². The van der Waals surface area contributed by atoms with E-state index in [1.165, 1.54) is 5.56 Å². The summed E-state index contributed by atoms with van der Waals surface area (Å²) in [5.74, 6) is 1.36. The molecule has 0 aliphatic rings. The summed E-state index contributed by atoms with van der Waals surface area (Å²) in [6.07, 6.45) is 9.00. The molecule has 0 bridgehead atoms. The quantitative estimate of drug-likeness (QED) is 0.453. The zero-order valence-electron chi connectivity index (χ0n) is 18.7. The Morgan fingerprint density at radius 1 is 0.906 bits per heavy atom. The third kappa shape index (κ3) is 7.40. The number of ether oxygens (including phenoxy) is 2. The van der Waals surface area contributed by atoms with E-state index >= 15 is 0 Å². The van der Waals surface area contributed by atoms with Crippen LogP contribution in [0.5, 0.6) is 11.5 Å². The van der Waals surface area contributed by atoms with Gasteiger partial charge in [0.05, 0.1) is 12.7 Å². The second-order valence-corrected chi connectivity index (χ2v) is 7.43. The predicted octanol–water partition coefficient (Wildman–Crippen LogP) is 2.22. The molecule has 1 aromatic heterocycles. The van der Waals surface area contributed by atoms with Crippen molar-refractivity contribution in [3.8, 4) is 11.5 Å². The van der Waals surface area contributed by atoms with Crippen molar-refractivity contribution in [2.24, 2.45) is 0 Å². The SMILES string of the molecule is C/C=C/c1ccc(OCC)c(OCC(O)CCC(c2ccccc2)[n+]2ccccc2)c1.[Cl-]. The van der Waals surface area contributed by atoms with Gasteiger partial charge < -0.3 is 27.0 Å². The van der Waals surface area contributed by atoms with Crippen LogP contribution in [0.1, 0.15) is 43.9 Å². The van der Waals surface area contributed by atoms with E-state index < -0.39 is 6.10 Å². The van der Waals surface area contributed by atoms with E-state index in [-0.39, 0.29) is 25.1 Å². The summed E-state index contributed by atoms with van der Waals surface area (Å²) in [5, 5.41) is 10.7. The van der Waals surface area contributed by atoms with Crippen LogP contribution in [0.2, 0.25) is 0 Å². The van der Waals surface area contributed by atoms with Crippen molar-refractivity contribution in [3.63, 3.8) is 0 Å². The summed E-state index contributed by atoms with van der Waals surface area (Å²) >= 11 is 0. The topological polar surface area (TPSA) is 42.6 Å². The molecule has 4 nitrogen and oxygen atoms in total. The highest BCUT2D eigenvalue weighted by atomic mass is 35.5. The number of allylic oxidation sites excluding steroid dienone is 1. The molecular weight excluding hydrogens is 422 g/mol. The number of hydrogen-bond acceptors (Lipinski definition) is 3. The van der Waals surface area contributed by atoms with Gasteiger partial charge in [0.25, 0.3) is 0 Å². The lowest BCUT2D eigenvalue weighted by atomic mass is 10.00. The van der Waals surface area contributed by atoms with Crippen LogP contribution in [-0.2, 0) is 0 Å². The molecule has 2 unspecified atom stereocenters. The molecule has 3 aromatic rings. The van der Waals surface area contributed by atoms with Crippen LogP contribution in [-0.4, -0.2) is 24.4 Å². The Hall–Kier alpha value is -2.82. The molecule has 0 radical (unpaired) electrons. The third-order valence-electron chi connectivity index (χ3n) is 5.11. The first-order chi connectivity index (χ1) is 15.2. The van der Waals surface area contributed by atoms with Crippen molar-refractivity contribution in [2.45, 2.75) is 38.8 Å². The number of nitrogens with zero attached hydrogens (tertiary/aromatic N) is 1. The van der Waals surface area contributed by atoms with Gasteiger partial charge in [-0.05, 0) is 38.0 Å². The molecule has 170 valence electrons. The summed E-state index contributed by atoms with van der Waals surface area (Å²) < 4.78 is 13.8. The van der Waals surface area contributed by atoms with E-state index in [0.717, 1.165) is 12.0 Å². The highest BCUT2D eigenvalue weighted by Crippen LogP contribution is 2.29. The Balaban J connectivity index is 0.00000363. The molecule has 1 heterocycles. The Bertz CT molecular complexity index is 908. The fraction of sp³-hybridized carbons (Fsp3) is 0.296. The zero-order valence-corrected chi connectivity index (χ0v) is 19.5. The fourth-order valence-electron chi connectivity index (χ4n) is 3.61. The van der Waals surface area contributed by atoms with Crippen molar-refractivity contribution >= 4 is 6.08 Å². The molecule has 0 aliphatic heterocycles. The molecule has 0 amide bonds. The van der Waals surface area contributed by atoms with Crippen LogP contribution >= 0.6 is 0 Å². The molecule has 3 rings (SSSR count). The van der Waals surface area contributed by atoms with Gasteiger partial charge in [0, 0.05) is 24.1 Å². The summed E-state index contributed by atoms with van der Waals surface area (Å²) in [7, 11) is 0. The molecule has 2 aromatic carbocycles. The number of benzene rings is 2. The standard InChI is InChI=1S/C27H32NO3.ClH/c1-3-11-22-14-17-26(30-4-2)27(20-22)31-21-24(29)15-16-25(23-12-7-5-8-13-23)28-18-9-6-10-19-28;/h3,5-14,17-20,24-25,29H,4,15-16,21H2,1-2H3;1H/q+1;/p-1/b11-3+;. The maximum Gasteiger partial charge on any atom is 0.183 e. The minimum Gasteiger partial charge on any atom is -1.00 e. The van der Waals surface area contributed by atoms with Crippen LogP contribution in [0.25, 0.3) is 6.08 Å². The molecule has 1 N–H and O–H groups in total. The average Bonchev–Trinajstić information content (AvgIpc) is 2.81. The number of aliphatic hydroxyl groups excluding tert-OH is 1. The van der Waals surface area contributed by atoms with Gasteiger partial charge >= 0.3 is 0 Å². The van der Waals surface area contributed by atoms with Crippen LogP contribution in [0.15, 0.2) is 85.2 Å². The van der Waals surface area contributed by atoms with Crippen molar-refractivity contribution in [2.75, 3.05) is 13.2 Å². The monoisotopic (exact) mass is 453 g/mol. The molecule has 0 spiro atoms. The van der Waals surface area contributed by atoms with E-state index in [1.807, 2.05) is 68.5 Å². The van der Waals surface area contributed by atoms with Gasteiger partial charge in [-0.25, -0.2) is 0 Å². The van der Waals surface area contributed by atoms with Crippen molar-refractivity contribution in [3.05, 3.63) is 96.3 Å². The Kier molecular flexibility index (Phi) is 10.8. The lowest BCUT2D eigenvalue weighted by Gasteiger charge is -2.18. The molecule has 32 heavy (non-hydrogen) atoms. The number of aromatic nitrogens is 1. The molecule has 5 heteroatoms. The molecular formula is C27H32ClNO3. The fourth-order valence-corrected chi connectivity index (χ4v) is 3.61. The van der Waals surface area contributed by atoms with Gasteiger partial charge in [0.1, 0.15) is 6.61 Å². The van der Waals surface area contributed by atoms with Gasteiger partial charge in [-0.1, -0.05) is 54.6 Å². The molecule has 0 fully saturated rings. The molecule has 0 saturated carbocycles. The van der Waals surface area contributed by atoms with Gasteiger partial charge in [0.15, 0.2) is 29.9 Å². The summed E-state index contributed by atoms with van der Waals surface area (Å²) in [6.45, 7) is 4.72. The number of hydrogen-bond donors (Lipinski definition) is 1. The first-order valence-electron chi connectivity index (χ1n) is 10.9. The number of rotatable bonds is 11. The lowest BCUT2D eigenvalue weighted by molar-refractivity contribution is -0.714. The van der Waals surface area contributed by atoms with Crippen LogP contribution in [0, 0.1) is 0 Å². The van der Waals surface area contributed by atoms with Crippen LogP contribution in [0.4, 0.5) is 0 Å². The summed E-state index contributed by atoms with van der Waals surface area (Å²) in [5.41, 5.74) is 2.27. The van der Waals surface area contributed by atoms with Crippen LogP contribution in [0.3, 0.4) is 0 Å². The third-order valence-corrected chi connectivity index (χ3v) is 5.11. The lowest BCUT2D eigenvalue weighted by Crippen LogP contribution is -3.00. The Labute approximate surface area is 197 Å². The van der Waals surface area contributed by atoms with Crippen molar-refractivity contribution < 1.29 is 31.6 Å². The Morgan fingerprint density at radius 3 is 2.31 bits per heavy atom. The Morgan fingerprint density at radius 2 is 1.62 bits per heavy atom. The first-order valence-corrected chi connectivity index (χ1v) is 10.9. The molecule has 0 aliphatic carbocycles. The smallest absolute Gasteiger partial charge is 0.183 e. The largest absolute Gasteiger partial charge is 1.00 e. The molecule has 0 saturated heterocycles. The zero-order chi connectivity index (χ0) is 21.9. The van der Waals surface area contributed by atoms with Gasteiger partial charge in [-0.2, -0.15) is 4.57 Å². The average molecular weight is 454 g/mol. The number of aliphatic hydroxyl groups is 1. The van der Waals surface area contributed by atoms with Gasteiger partial charge in [-0.3, -0.25) is 0 Å². The van der Waals surface area contributed by atoms with E-state index in [9.17, 15) is 5.11 Å². The number of pyridine rings is 1. The second kappa shape index (κ2) is 13.6. The first kappa shape index (κ1) is 25.4. The van der Waals surface area contributed by atoms with E-state index in [4.69, 9.17) is 9.47 Å². The predicted molar refractivity (Wildman–Crippen MR) is 124 cm³/mol. The maximum atomic E-state index is 10.7. The maximum absolute atomic E-state index is 10.7. The van der Waals surface area contributed by atoms with Gasteiger partial charge in [-0.15, -0.1) is 0 Å². The van der Waals surface area contributed by atoms with Crippen molar-refractivity contribution in [1.29, 1.82) is 0 Å². The van der Waals surface area contributed by atoms with Gasteiger partial charge in [0.2, 0.25) is 0 Å². The minimum atomic E-state index is -0.574. The minimum absolute atomic E-state index is 0. The van der Waals surface area contributed by atoms with Crippen LogP contribution < -0.4 is 26.4 Å². The van der Waals surface area contributed by atoms with E-state index in [2.05, 4.69) is 41.2 Å². The summed E-state index contributed by atoms with van der Waals surface area (Å²) in [6, 6.07) is 22.5. The highest BCUT2D eigenvalue weighted by molar-refractivity contribution is 5.55.